The van der Waals surface area contributed by atoms with E-state index in [1.807, 2.05) is 0 Å². The second kappa shape index (κ2) is 4.27. The van der Waals surface area contributed by atoms with Gasteiger partial charge in [-0.2, -0.15) is 0 Å². The lowest BCUT2D eigenvalue weighted by Crippen LogP contribution is -2.23. The molecule has 72 valence electrons. The predicted molar refractivity (Wildman–Crippen MR) is 44.8 cm³/mol. The lowest BCUT2D eigenvalue weighted by molar-refractivity contribution is -0.0175. The van der Waals surface area contributed by atoms with Gasteiger partial charge in [-0.3, -0.25) is 9.97 Å². The van der Waals surface area contributed by atoms with Crippen LogP contribution < -0.4 is 0 Å². The fourth-order valence-corrected chi connectivity index (χ4v) is 0.922. The molecule has 0 aliphatic heterocycles. The zero-order chi connectivity index (χ0) is 9.84. The van der Waals surface area contributed by atoms with Crippen molar-refractivity contribution in [3.05, 3.63) is 23.8 Å². The van der Waals surface area contributed by atoms with Crippen LogP contribution in [0.15, 0.2) is 12.4 Å². The molecule has 0 spiro atoms. The Hall–Kier alpha value is -1.04. The van der Waals surface area contributed by atoms with E-state index in [0.29, 0.717) is 5.69 Å². The summed E-state index contributed by atoms with van der Waals surface area (Å²) in [7, 11) is 0. The molecule has 0 saturated heterocycles. The third-order valence-corrected chi connectivity index (χ3v) is 1.63. The van der Waals surface area contributed by atoms with Gasteiger partial charge in [0.15, 0.2) is 0 Å². The molecule has 0 aliphatic rings. The molecule has 5 nitrogen and oxygen atoms in total. The minimum absolute atomic E-state index is 0.265. The molecule has 1 aromatic rings. The van der Waals surface area contributed by atoms with Crippen molar-refractivity contribution in [2.24, 2.45) is 0 Å². The summed E-state index contributed by atoms with van der Waals surface area (Å²) >= 11 is 0. The topological polar surface area (TPSA) is 86.5 Å². The number of aliphatic hydroxyl groups is 3. The molecule has 2 unspecified atom stereocenters. The SMILES string of the molecule is Cc1cncc(C(O)C(O)CO)n1. The van der Waals surface area contributed by atoms with Crippen LogP contribution in [0, 0.1) is 6.92 Å². The Morgan fingerprint density at radius 1 is 1.38 bits per heavy atom. The first-order valence-electron chi connectivity index (χ1n) is 3.90. The van der Waals surface area contributed by atoms with Crippen molar-refractivity contribution in [3.8, 4) is 0 Å². The highest BCUT2D eigenvalue weighted by molar-refractivity contribution is 5.05. The average Bonchev–Trinajstić information content (AvgIpc) is 2.15. The molecule has 5 heteroatoms. The molecular formula is C8H12N2O3. The van der Waals surface area contributed by atoms with E-state index in [1.165, 1.54) is 6.20 Å². The Bertz CT molecular complexity index is 280. The van der Waals surface area contributed by atoms with Gasteiger partial charge in [0.25, 0.3) is 0 Å². The van der Waals surface area contributed by atoms with E-state index >= 15 is 0 Å². The summed E-state index contributed by atoms with van der Waals surface area (Å²) in [4.78, 5) is 7.77. The van der Waals surface area contributed by atoms with Crippen LogP contribution in [0.5, 0.6) is 0 Å². The van der Waals surface area contributed by atoms with Crippen LogP contribution in [0.3, 0.4) is 0 Å². The summed E-state index contributed by atoms with van der Waals surface area (Å²) in [6, 6.07) is 0. The van der Waals surface area contributed by atoms with E-state index in [9.17, 15) is 5.11 Å². The Morgan fingerprint density at radius 3 is 2.62 bits per heavy atom. The second-order valence-corrected chi connectivity index (χ2v) is 2.78. The van der Waals surface area contributed by atoms with Gasteiger partial charge in [0.2, 0.25) is 0 Å². The Labute approximate surface area is 75.7 Å². The summed E-state index contributed by atoms with van der Waals surface area (Å²) in [5.41, 5.74) is 0.920. The Balaban J connectivity index is 2.82. The van der Waals surface area contributed by atoms with Crippen molar-refractivity contribution >= 4 is 0 Å². The molecule has 1 heterocycles. The number of aryl methyl sites for hydroxylation is 1. The molecule has 1 aromatic heterocycles. The van der Waals surface area contributed by atoms with E-state index in [2.05, 4.69) is 9.97 Å². The molecule has 0 radical (unpaired) electrons. The zero-order valence-corrected chi connectivity index (χ0v) is 7.25. The van der Waals surface area contributed by atoms with Gasteiger partial charge in [-0.25, -0.2) is 0 Å². The van der Waals surface area contributed by atoms with Gasteiger partial charge in [-0.1, -0.05) is 0 Å². The minimum atomic E-state index is -1.21. The fraction of sp³-hybridized carbons (Fsp3) is 0.500. The molecular weight excluding hydrogens is 172 g/mol. The van der Waals surface area contributed by atoms with Crippen LogP contribution in [-0.4, -0.2) is 38.0 Å². The average molecular weight is 184 g/mol. The molecule has 0 aromatic carbocycles. The van der Waals surface area contributed by atoms with E-state index < -0.39 is 18.8 Å². The number of aromatic nitrogens is 2. The lowest BCUT2D eigenvalue weighted by Gasteiger charge is -2.14. The van der Waals surface area contributed by atoms with Crippen LogP contribution >= 0.6 is 0 Å². The standard InChI is InChI=1S/C8H12N2O3/c1-5-2-9-3-6(10-5)8(13)7(12)4-11/h2-3,7-8,11-13H,4H2,1H3. The van der Waals surface area contributed by atoms with Gasteiger partial charge < -0.3 is 15.3 Å². The molecule has 0 aliphatic carbocycles. The van der Waals surface area contributed by atoms with Gasteiger partial charge >= 0.3 is 0 Å². The zero-order valence-electron chi connectivity index (χ0n) is 7.25. The van der Waals surface area contributed by atoms with Gasteiger partial charge in [0.05, 0.1) is 24.2 Å². The molecule has 3 N–H and O–H groups in total. The third kappa shape index (κ3) is 2.45. The van der Waals surface area contributed by atoms with Crippen LogP contribution in [0.1, 0.15) is 17.5 Å². The molecule has 0 fully saturated rings. The first kappa shape index (κ1) is 10.0. The maximum atomic E-state index is 9.40. The normalized spacial score (nSPS) is 15.4. The van der Waals surface area contributed by atoms with E-state index in [0.717, 1.165) is 0 Å². The van der Waals surface area contributed by atoms with Crippen molar-refractivity contribution in [1.82, 2.24) is 9.97 Å². The molecule has 13 heavy (non-hydrogen) atoms. The number of hydrogen-bond donors (Lipinski definition) is 3. The summed E-state index contributed by atoms with van der Waals surface area (Å²) < 4.78 is 0. The van der Waals surface area contributed by atoms with E-state index in [-0.39, 0.29) is 5.69 Å². The Kier molecular flexibility index (Phi) is 3.30. The molecule has 0 bridgehead atoms. The number of nitrogens with zero attached hydrogens (tertiary/aromatic N) is 2. The summed E-state index contributed by atoms with van der Waals surface area (Å²) in [6.45, 7) is 1.23. The van der Waals surface area contributed by atoms with Crippen molar-refractivity contribution in [2.75, 3.05) is 6.61 Å². The lowest BCUT2D eigenvalue weighted by atomic mass is 10.1. The summed E-state index contributed by atoms with van der Waals surface area (Å²) in [5, 5.41) is 27.1. The quantitative estimate of drug-likeness (QED) is 0.571. The first-order valence-corrected chi connectivity index (χ1v) is 3.90. The molecule has 2 atom stereocenters. The van der Waals surface area contributed by atoms with Crippen LogP contribution in [0.25, 0.3) is 0 Å². The van der Waals surface area contributed by atoms with Gasteiger partial charge in [0, 0.05) is 6.20 Å². The van der Waals surface area contributed by atoms with Gasteiger partial charge in [0.1, 0.15) is 12.2 Å². The number of rotatable bonds is 3. The predicted octanol–water partition coefficient (Wildman–Crippen LogP) is -0.828. The third-order valence-electron chi connectivity index (χ3n) is 1.63. The second-order valence-electron chi connectivity index (χ2n) is 2.78. The Morgan fingerprint density at radius 2 is 2.08 bits per heavy atom. The summed E-state index contributed by atoms with van der Waals surface area (Å²) in [5.74, 6) is 0. The first-order chi connectivity index (χ1) is 6.15. The maximum Gasteiger partial charge on any atom is 0.126 e. The highest BCUT2D eigenvalue weighted by Gasteiger charge is 2.18. The van der Waals surface area contributed by atoms with Crippen LogP contribution in [0.2, 0.25) is 0 Å². The van der Waals surface area contributed by atoms with Crippen molar-refractivity contribution < 1.29 is 15.3 Å². The molecule has 0 saturated carbocycles. The van der Waals surface area contributed by atoms with Crippen molar-refractivity contribution in [1.29, 1.82) is 0 Å². The fourth-order valence-electron chi connectivity index (χ4n) is 0.922. The molecule has 1 rings (SSSR count). The van der Waals surface area contributed by atoms with Crippen LogP contribution in [0.4, 0.5) is 0 Å². The van der Waals surface area contributed by atoms with Crippen molar-refractivity contribution in [2.45, 2.75) is 19.1 Å². The van der Waals surface area contributed by atoms with Gasteiger partial charge in [-0.05, 0) is 6.92 Å². The largest absolute Gasteiger partial charge is 0.394 e. The summed E-state index contributed by atoms with van der Waals surface area (Å²) in [6.07, 6.45) is 0.506. The molecule has 0 amide bonds. The van der Waals surface area contributed by atoms with Gasteiger partial charge in [-0.15, -0.1) is 0 Å². The highest BCUT2D eigenvalue weighted by atomic mass is 16.4. The smallest absolute Gasteiger partial charge is 0.126 e. The van der Waals surface area contributed by atoms with E-state index in [4.69, 9.17) is 10.2 Å². The van der Waals surface area contributed by atoms with Crippen molar-refractivity contribution in [3.63, 3.8) is 0 Å². The number of aliphatic hydroxyl groups excluding tert-OH is 3. The van der Waals surface area contributed by atoms with Crippen LogP contribution in [-0.2, 0) is 0 Å². The maximum absolute atomic E-state index is 9.40. The monoisotopic (exact) mass is 184 g/mol. The van der Waals surface area contributed by atoms with E-state index in [1.54, 1.807) is 13.1 Å². The minimum Gasteiger partial charge on any atom is -0.394 e. The highest BCUT2D eigenvalue weighted by Crippen LogP contribution is 2.12. The number of hydrogen-bond acceptors (Lipinski definition) is 5.